The Morgan fingerprint density at radius 1 is 1.19 bits per heavy atom. The first kappa shape index (κ1) is 18.1. The standard InChI is InChI=1S/C19H23N3O4/c1-12(20-18(23)14-7-9-15(10-8-14)19(24)25)17-21-16(26-22-17)11-13-5-3-2-4-6-13/h2-6,12,14-15H,7-11H2,1H3,(H,20,23)(H,24,25). The molecule has 2 N–H and O–H groups in total. The monoisotopic (exact) mass is 357 g/mol. The number of benzene rings is 1. The van der Waals surface area contributed by atoms with E-state index in [2.05, 4.69) is 15.5 Å². The summed E-state index contributed by atoms with van der Waals surface area (Å²) in [6.45, 7) is 1.82. The van der Waals surface area contributed by atoms with Crippen molar-refractivity contribution < 1.29 is 19.2 Å². The van der Waals surface area contributed by atoms with Crippen LogP contribution in [-0.4, -0.2) is 27.1 Å². The number of carbonyl (C=O) groups is 2. The fraction of sp³-hybridized carbons (Fsp3) is 0.474. The van der Waals surface area contributed by atoms with E-state index in [4.69, 9.17) is 9.63 Å². The molecule has 1 heterocycles. The van der Waals surface area contributed by atoms with Gasteiger partial charge >= 0.3 is 5.97 Å². The zero-order valence-corrected chi connectivity index (χ0v) is 14.7. The smallest absolute Gasteiger partial charge is 0.306 e. The summed E-state index contributed by atoms with van der Waals surface area (Å²) >= 11 is 0. The van der Waals surface area contributed by atoms with Crippen LogP contribution in [-0.2, 0) is 16.0 Å². The number of aromatic nitrogens is 2. The molecule has 3 rings (SSSR count). The lowest BCUT2D eigenvalue weighted by Gasteiger charge is -2.26. The number of nitrogens with zero attached hydrogens (tertiary/aromatic N) is 2. The van der Waals surface area contributed by atoms with Gasteiger partial charge in [0.05, 0.1) is 18.4 Å². The summed E-state index contributed by atoms with van der Waals surface area (Å²) in [7, 11) is 0. The third kappa shape index (κ3) is 4.47. The van der Waals surface area contributed by atoms with Gasteiger partial charge in [0.1, 0.15) is 0 Å². The molecule has 1 amide bonds. The van der Waals surface area contributed by atoms with Crippen molar-refractivity contribution in [2.45, 2.75) is 45.1 Å². The van der Waals surface area contributed by atoms with Crippen LogP contribution >= 0.6 is 0 Å². The van der Waals surface area contributed by atoms with Crippen LogP contribution in [0.4, 0.5) is 0 Å². The topological polar surface area (TPSA) is 105 Å². The van der Waals surface area contributed by atoms with Gasteiger partial charge in [0.25, 0.3) is 0 Å². The van der Waals surface area contributed by atoms with Gasteiger partial charge in [-0.3, -0.25) is 9.59 Å². The molecule has 1 unspecified atom stereocenters. The molecule has 1 saturated carbocycles. The minimum atomic E-state index is -0.769. The van der Waals surface area contributed by atoms with Crippen LogP contribution in [0, 0.1) is 11.8 Å². The fourth-order valence-electron chi connectivity index (χ4n) is 3.28. The molecular formula is C19H23N3O4. The second-order valence-electron chi connectivity index (χ2n) is 6.83. The maximum absolute atomic E-state index is 12.4. The van der Waals surface area contributed by atoms with E-state index in [0.29, 0.717) is 43.8 Å². The highest BCUT2D eigenvalue weighted by atomic mass is 16.5. The lowest BCUT2D eigenvalue weighted by Crippen LogP contribution is -2.36. The number of nitrogens with one attached hydrogen (secondary N) is 1. The van der Waals surface area contributed by atoms with Gasteiger partial charge < -0.3 is 14.9 Å². The summed E-state index contributed by atoms with van der Waals surface area (Å²) in [5, 5.41) is 15.9. The molecule has 0 aliphatic heterocycles. The molecule has 1 atom stereocenters. The lowest BCUT2D eigenvalue weighted by atomic mass is 9.81. The molecular weight excluding hydrogens is 334 g/mol. The highest BCUT2D eigenvalue weighted by Crippen LogP contribution is 2.29. The Hall–Kier alpha value is -2.70. The third-order valence-corrected chi connectivity index (χ3v) is 4.88. The van der Waals surface area contributed by atoms with Crippen molar-refractivity contribution in [1.82, 2.24) is 15.5 Å². The average Bonchev–Trinajstić information content (AvgIpc) is 3.11. The normalized spacial score (nSPS) is 21.1. The van der Waals surface area contributed by atoms with Crippen molar-refractivity contribution in [3.05, 3.63) is 47.6 Å². The zero-order valence-electron chi connectivity index (χ0n) is 14.7. The molecule has 138 valence electrons. The van der Waals surface area contributed by atoms with Gasteiger partial charge in [0, 0.05) is 5.92 Å². The van der Waals surface area contributed by atoms with Gasteiger partial charge in [0.2, 0.25) is 11.8 Å². The van der Waals surface area contributed by atoms with E-state index < -0.39 is 5.97 Å². The number of hydrogen-bond donors (Lipinski definition) is 2. The number of amides is 1. The van der Waals surface area contributed by atoms with Crippen LogP contribution in [0.3, 0.4) is 0 Å². The molecule has 0 bridgehead atoms. The van der Waals surface area contributed by atoms with Crippen molar-refractivity contribution in [3.8, 4) is 0 Å². The van der Waals surface area contributed by atoms with Crippen molar-refractivity contribution in [3.63, 3.8) is 0 Å². The predicted octanol–water partition coefficient (Wildman–Crippen LogP) is 2.73. The molecule has 1 aromatic carbocycles. The van der Waals surface area contributed by atoms with E-state index >= 15 is 0 Å². The third-order valence-electron chi connectivity index (χ3n) is 4.88. The Kier molecular flexibility index (Phi) is 5.65. The van der Waals surface area contributed by atoms with E-state index in [9.17, 15) is 9.59 Å². The summed E-state index contributed by atoms with van der Waals surface area (Å²) in [6.07, 6.45) is 2.84. The molecule has 1 fully saturated rings. The van der Waals surface area contributed by atoms with Crippen molar-refractivity contribution >= 4 is 11.9 Å². The van der Waals surface area contributed by atoms with Crippen LogP contribution in [0.2, 0.25) is 0 Å². The van der Waals surface area contributed by atoms with E-state index in [0.717, 1.165) is 5.56 Å². The first-order valence-electron chi connectivity index (χ1n) is 8.92. The second-order valence-corrected chi connectivity index (χ2v) is 6.83. The predicted molar refractivity (Wildman–Crippen MR) is 93.2 cm³/mol. The largest absolute Gasteiger partial charge is 0.481 e. The van der Waals surface area contributed by atoms with Gasteiger partial charge in [-0.1, -0.05) is 35.5 Å². The van der Waals surface area contributed by atoms with Crippen LogP contribution in [0.5, 0.6) is 0 Å². The zero-order chi connectivity index (χ0) is 18.5. The summed E-state index contributed by atoms with van der Waals surface area (Å²) < 4.78 is 5.28. The number of aliphatic carboxylic acids is 1. The highest BCUT2D eigenvalue weighted by Gasteiger charge is 2.30. The summed E-state index contributed by atoms with van der Waals surface area (Å²) in [5.41, 5.74) is 1.08. The average molecular weight is 357 g/mol. The molecule has 0 spiro atoms. The first-order chi connectivity index (χ1) is 12.5. The quantitative estimate of drug-likeness (QED) is 0.823. The van der Waals surface area contributed by atoms with E-state index in [1.54, 1.807) is 0 Å². The van der Waals surface area contributed by atoms with Gasteiger partial charge in [-0.05, 0) is 38.2 Å². The van der Waals surface area contributed by atoms with Gasteiger partial charge in [-0.25, -0.2) is 0 Å². The number of hydrogen-bond acceptors (Lipinski definition) is 5. The van der Waals surface area contributed by atoms with Crippen molar-refractivity contribution in [2.24, 2.45) is 11.8 Å². The van der Waals surface area contributed by atoms with Crippen molar-refractivity contribution in [1.29, 1.82) is 0 Å². The molecule has 1 aliphatic carbocycles. The Balaban J connectivity index is 1.53. The van der Waals surface area contributed by atoms with Crippen LogP contribution in [0.1, 0.15) is 55.9 Å². The molecule has 7 nitrogen and oxygen atoms in total. The SMILES string of the molecule is CC(NC(=O)C1CCC(C(=O)O)CC1)c1noc(Cc2ccccc2)n1. The van der Waals surface area contributed by atoms with Gasteiger partial charge in [-0.2, -0.15) is 4.98 Å². The van der Waals surface area contributed by atoms with E-state index in [1.165, 1.54) is 0 Å². The van der Waals surface area contributed by atoms with E-state index in [-0.39, 0.29) is 23.8 Å². The molecule has 1 aromatic heterocycles. The van der Waals surface area contributed by atoms with Gasteiger partial charge in [-0.15, -0.1) is 0 Å². The molecule has 26 heavy (non-hydrogen) atoms. The minimum Gasteiger partial charge on any atom is -0.481 e. The second kappa shape index (κ2) is 8.12. The Bertz CT molecular complexity index is 751. The van der Waals surface area contributed by atoms with Crippen molar-refractivity contribution in [2.75, 3.05) is 0 Å². The molecule has 1 aliphatic rings. The maximum Gasteiger partial charge on any atom is 0.306 e. The Morgan fingerprint density at radius 2 is 1.85 bits per heavy atom. The fourth-order valence-corrected chi connectivity index (χ4v) is 3.28. The molecule has 0 radical (unpaired) electrons. The Morgan fingerprint density at radius 3 is 2.50 bits per heavy atom. The summed E-state index contributed by atoms with van der Waals surface area (Å²) in [5.74, 6) is -0.360. The number of carbonyl (C=O) groups excluding carboxylic acids is 1. The Labute approximate surface area is 151 Å². The van der Waals surface area contributed by atoms with Crippen LogP contribution in [0.15, 0.2) is 34.9 Å². The molecule has 0 saturated heterocycles. The number of carboxylic acid groups (broad SMARTS) is 1. The molecule has 2 aromatic rings. The maximum atomic E-state index is 12.4. The first-order valence-corrected chi connectivity index (χ1v) is 8.92. The van der Waals surface area contributed by atoms with E-state index in [1.807, 2.05) is 37.3 Å². The summed E-state index contributed by atoms with van der Waals surface area (Å²) in [6, 6.07) is 9.48. The highest BCUT2D eigenvalue weighted by molar-refractivity contribution is 5.79. The van der Waals surface area contributed by atoms with Crippen LogP contribution < -0.4 is 5.32 Å². The molecule has 7 heteroatoms. The number of rotatable bonds is 6. The minimum absolute atomic E-state index is 0.0734. The lowest BCUT2D eigenvalue weighted by molar-refractivity contribution is -0.144. The number of carboxylic acids is 1. The van der Waals surface area contributed by atoms with Gasteiger partial charge in [0.15, 0.2) is 5.82 Å². The summed E-state index contributed by atoms with van der Waals surface area (Å²) in [4.78, 5) is 27.8. The van der Waals surface area contributed by atoms with Crippen LogP contribution in [0.25, 0.3) is 0 Å².